The van der Waals surface area contributed by atoms with Crippen LogP contribution < -0.4 is 20.9 Å². The van der Waals surface area contributed by atoms with Crippen molar-refractivity contribution in [2.45, 2.75) is 162 Å². The molecule has 12 aromatic rings. The summed E-state index contributed by atoms with van der Waals surface area (Å²) in [5, 5.41) is 26.4. The Bertz CT molecular complexity index is 6250. The molecule has 6 aromatic carbocycles. The number of likely N-dealkylation sites (tertiary alicyclic amines) is 2. The molecule has 6 aromatic heterocycles. The van der Waals surface area contributed by atoms with Crippen LogP contribution in [0.25, 0.3) is 68.4 Å². The lowest BCUT2D eigenvalue weighted by Crippen LogP contribution is -2.53. The molecule has 0 saturated carbocycles. The number of halogens is 6. The Labute approximate surface area is 836 Å². The lowest BCUT2D eigenvalue weighted by atomic mass is 10.0. The van der Waals surface area contributed by atoms with Crippen molar-refractivity contribution >= 4 is 152 Å². The van der Waals surface area contributed by atoms with Crippen molar-refractivity contribution in [3.05, 3.63) is 247 Å². The van der Waals surface area contributed by atoms with Gasteiger partial charge in [0.1, 0.15) is 23.8 Å². The summed E-state index contributed by atoms with van der Waals surface area (Å²) in [6.45, 7) is 20.5. The molecule has 4 aliphatic rings. The van der Waals surface area contributed by atoms with Crippen molar-refractivity contribution in [1.29, 1.82) is 0 Å². The number of amides is 6. The van der Waals surface area contributed by atoms with Gasteiger partial charge in [-0.15, -0.1) is 0 Å². The zero-order valence-corrected chi connectivity index (χ0v) is 83.1. The van der Waals surface area contributed by atoms with Crippen LogP contribution in [0.3, 0.4) is 0 Å². The summed E-state index contributed by atoms with van der Waals surface area (Å²) in [6, 6.07) is 40.1. The smallest absolute Gasteiger partial charge is 0.347 e. The van der Waals surface area contributed by atoms with E-state index in [1.165, 1.54) is 52.1 Å². The normalized spacial score (nSPS) is 15.3. The second-order valence-corrected chi connectivity index (χ2v) is 36.3. The zero-order chi connectivity index (χ0) is 101. The third-order valence-electron chi connectivity index (χ3n) is 24.9. The number of methoxy groups -OCH3 is 1. The highest BCUT2D eigenvalue weighted by Crippen LogP contribution is 2.41. The van der Waals surface area contributed by atoms with Crippen LogP contribution in [0.5, 0.6) is 11.5 Å². The fourth-order valence-corrected chi connectivity index (χ4v) is 18.0. The minimum absolute atomic E-state index is 0.0198. The van der Waals surface area contributed by atoms with Gasteiger partial charge in [0.15, 0.2) is 41.4 Å². The number of fused-ring (bicyclic) bond motifs is 2. The quantitative estimate of drug-likeness (QED) is 0.0261. The molecule has 5 atom stereocenters. The molecular weight excluding hydrogens is 1890 g/mol. The minimum atomic E-state index is -1.18. The fourth-order valence-electron chi connectivity index (χ4n) is 16.7. The van der Waals surface area contributed by atoms with E-state index >= 15 is 0 Å². The van der Waals surface area contributed by atoms with Crippen LogP contribution >= 0.6 is 46.4 Å². The number of hydrogen-bond acceptors (Lipinski definition) is 21. The number of nitrogens with one attached hydrogen (secondary N) is 2. The second-order valence-electron chi connectivity index (χ2n) is 34.7. The van der Waals surface area contributed by atoms with Gasteiger partial charge in [-0.05, 0) is 176 Å². The Morgan fingerprint density at radius 3 is 1.19 bits per heavy atom. The van der Waals surface area contributed by atoms with Crippen molar-refractivity contribution in [3.8, 4) is 33.8 Å². The van der Waals surface area contributed by atoms with Crippen molar-refractivity contribution in [2.75, 3.05) is 97.1 Å². The Morgan fingerprint density at radius 2 is 0.801 bits per heavy atom. The number of rotatable bonds is 28. The van der Waals surface area contributed by atoms with E-state index in [0.29, 0.717) is 115 Å². The van der Waals surface area contributed by atoms with Gasteiger partial charge in [0.05, 0.1) is 56.9 Å². The summed E-state index contributed by atoms with van der Waals surface area (Å²) < 4.78 is 58.9. The molecule has 31 nitrogen and oxygen atoms in total. The lowest BCUT2D eigenvalue weighted by molar-refractivity contribution is -0.177. The summed E-state index contributed by atoms with van der Waals surface area (Å²) in [5.74, 6) is -1.46. The first-order valence-electron chi connectivity index (χ1n) is 47.2. The third-order valence-corrected chi connectivity index (χ3v) is 26.3. The fraction of sp³-hybridized carbons (Fsp3) is 0.365. The van der Waals surface area contributed by atoms with Crippen molar-refractivity contribution in [3.63, 3.8) is 0 Å². The van der Waals surface area contributed by atoms with Crippen LogP contribution in [0.15, 0.2) is 171 Å². The number of nitrogen functional groups attached to an aromatic ring is 2. The van der Waals surface area contributed by atoms with Crippen LogP contribution in [-0.2, 0) is 43.0 Å². The van der Waals surface area contributed by atoms with Crippen LogP contribution in [0, 0.1) is 11.6 Å². The van der Waals surface area contributed by atoms with Crippen LogP contribution in [-0.4, -0.2) is 231 Å². The number of benzene rings is 6. The zero-order valence-electron chi connectivity index (χ0n) is 80.1. The van der Waals surface area contributed by atoms with Gasteiger partial charge in [0, 0.05) is 195 Å². The van der Waals surface area contributed by atoms with E-state index in [1.807, 2.05) is 171 Å². The first-order chi connectivity index (χ1) is 67.9. The first kappa shape index (κ1) is 105. The third kappa shape index (κ3) is 27.0. The summed E-state index contributed by atoms with van der Waals surface area (Å²) in [6.07, 6.45) is 22.0. The Hall–Kier alpha value is -13.6. The van der Waals surface area contributed by atoms with Crippen molar-refractivity contribution in [1.82, 2.24) is 79.3 Å². The Morgan fingerprint density at radius 1 is 0.440 bits per heavy atom. The number of piperazine rings is 2. The van der Waals surface area contributed by atoms with Crippen molar-refractivity contribution in [2.24, 2.45) is 0 Å². The van der Waals surface area contributed by atoms with E-state index in [9.17, 15) is 47.1 Å². The molecule has 6 N–H and O–H groups in total. The topological polar surface area (TPSA) is 373 Å². The molecule has 4 aliphatic heterocycles. The van der Waals surface area contributed by atoms with Crippen LogP contribution in [0.1, 0.15) is 198 Å². The highest BCUT2D eigenvalue weighted by molar-refractivity contribution is 6.36. The summed E-state index contributed by atoms with van der Waals surface area (Å²) in [5.41, 5.74) is 22.9. The number of nitrogens with zero attached hydrogens (tertiary/aromatic N) is 14. The van der Waals surface area contributed by atoms with Gasteiger partial charge >= 0.3 is 11.9 Å². The molecule has 4 saturated heterocycles. The predicted octanol–water partition coefficient (Wildman–Crippen LogP) is 18.9. The summed E-state index contributed by atoms with van der Waals surface area (Å²) in [4.78, 5) is 118. The molecule has 0 bridgehead atoms. The standard InChI is InChI=1S/C30H34N4O7.2C25H28Cl2FN5O2.C24H26N4O2/c1-19(40-30(38)21(3)41-29(37)20(2)39-4)27(35)33-15-17-34(18-16-33)28(36)23-12-9-22(10-13-23)11-14-26-24-7-5-6-8-25(24)31-32-26;2*1-3-4-22(34)32-9-7-18(8-10-32)33-14-17(13-31-33)16-11-21(25(29)30-12-16)35-15(2)23-19(26)5-6-20(28)24(23)27;1-2-5-23(29)27-14-16-28(17-15-27)24(30)19-11-8-18(9-12-19)10-13-22-20-6-3-4-7-21(20)25-26-22/h5-14,19-21H,15-18H2,1-4H3,(H,31,32);2*5-6,11-15,18H,3-4,7-10H2,1-2H3,(H2,29,30);3-4,6-13H,2,5,14-17H2,1H3,(H,25,26)/b14-11+;;;13-10+/t;2*15-;/m.11./s1. The monoisotopic (exact) mass is 2000 g/mol. The highest BCUT2D eigenvalue weighted by Gasteiger charge is 2.34. The van der Waals surface area contributed by atoms with E-state index in [4.69, 9.17) is 81.6 Å². The van der Waals surface area contributed by atoms with E-state index < -0.39 is 54.1 Å². The van der Waals surface area contributed by atoms with Crippen molar-refractivity contribution < 1.29 is 70.8 Å². The first-order valence-corrected chi connectivity index (χ1v) is 48.7. The van der Waals surface area contributed by atoms with Gasteiger partial charge in [-0.1, -0.05) is 140 Å². The maximum atomic E-state index is 14.0. The molecule has 0 radical (unpaired) electrons. The average molecular weight is 2010 g/mol. The number of para-hydroxylation sites is 2. The number of aromatic nitrogens is 10. The number of hydrogen-bond donors (Lipinski definition) is 4. The van der Waals surface area contributed by atoms with Gasteiger partial charge in [-0.2, -0.15) is 20.4 Å². The predicted molar refractivity (Wildman–Crippen MR) is 541 cm³/mol. The molecule has 742 valence electrons. The molecule has 0 aliphatic carbocycles. The number of anilines is 2. The number of carbonyl (C=O) groups excluding carboxylic acids is 8. The molecule has 16 rings (SSSR count). The van der Waals surface area contributed by atoms with E-state index in [0.717, 1.165) is 138 Å². The summed E-state index contributed by atoms with van der Waals surface area (Å²) >= 11 is 24.7. The highest BCUT2D eigenvalue weighted by atomic mass is 35.5. The van der Waals surface area contributed by atoms with E-state index in [-0.39, 0.29) is 69.2 Å². The molecule has 4 fully saturated rings. The largest absolute Gasteiger partial charge is 0.482 e. The number of ether oxygens (including phenoxy) is 5. The Kier molecular flexibility index (Phi) is 36.8. The van der Waals surface area contributed by atoms with E-state index in [2.05, 4.69) is 40.6 Å². The molecule has 3 unspecified atom stereocenters. The molecule has 37 heteroatoms. The summed E-state index contributed by atoms with van der Waals surface area (Å²) in [7, 11) is 1.35. The number of esters is 2. The number of nitrogens with two attached hydrogens (primary N) is 2. The van der Waals surface area contributed by atoms with Gasteiger partial charge in [-0.3, -0.25) is 48.3 Å². The van der Waals surface area contributed by atoms with Crippen LogP contribution in [0.2, 0.25) is 20.1 Å². The molecule has 0 spiro atoms. The second kappa shape index (κ2) is 49.5. The van der Waals surface area contributed by atoms with Crippen LogP contribution in [0.4, 0.5) is 20.4 Å². The Balaban J connectivity index is 0.000000159. The molecule has 10 heterocycles. The number of aromatic amines is 2. The number of piperidine rings is 2. The maximum absolute atomic E-state index is 14.0. The molecule has 6 amide bonds. The lowest BCUT2D eigenvalue weighted by Gasteiger charge is -2.35. The molecular formula is C104H116Cl4F2N18O13. The number of H-pyrrole nitrogens is 2. The molecule has 141 heavy (non-hydrogen) atoms. The minimum Gasteiger partial charge on any atom is -0.482 e. The van der Waals surface area contributed by atoms with Gasteiger partial charge in [0.2, 0.25) is 17.7 Å². The van der Waals surface area contributed by atoms with Gasteiger partial charge in [0.25, 0.3) is 17.7 Å². The maximum Gasteiger partial charge on any atom is 0.347 e. The SMILES string of the molecule is CCCC(=O)N1CCC(n2cc(-c3cnc(N)c(O[C@H](C)c4c(Cl)ccc(F)c4Cl)c3)cn2)CC1.CCCC(=O)N1CCC(n2cc(-c3cnc(N)c(O[C@H](C)c4c(Cl)ccc(F)c4Cl)c3)cn2)CC1.CCCC(=O)N1CCN(C(=O)c2ccc(/C=C/c3n[nH]c4ccccc34)cc2)CC1.COC(C)C(=O)OC(C)C(=O)OC(C)C(=O)N1CCN(C(=O)c2ccc(/C=C/c3n[nH]c4ccccc34)cc2)CC1. The number of pyridine rings is 2. The van der Waals surface area contributed by atoms with Gasteiger partial charge in [-0.25, -0.2) is 28.3 Å². The number of carbonyl (C=O) groups is 8. The average Bonchev–Trinajstić information content (AvgIpc) is 0.902. The van der Waals surface area contributed by atoms with E-state index in [1.54, 1.807) is 72.7 Å². The van der Waals surface area contributed by atoms with Gasteiger partial charge < -0.3 is 64.6 Å².